The Labute approximate surface area is 155 Å². The highest BCUT2D eigenvalue weighted by Gasteiger charge is 2.38. The predicted octanol–water partition coefficient (Wildman–Crippen LogP) is 3.20. The first-order valence-electron chi connectivity index (χ1n) is 8.04. The predicted molar refractivity (Wildman–Crippen MR) is 103 cm³/mol. The summed E-state index contributed by atoms with van der Waals surface area (Å²) in [6, 6.07) is 6.79. The number of nitrogens with two attached hydrogens (primary N) is 1. The van der Waals surface area contributed by atoms with Crippen molar-refractivity contribution < 1.29 is 9.13 Å². The molecule has 0 aliphatic heterocycles. The van der Waals surface area contributed by atoms with Crippen LogP contribution in [-0.4, -0.2) is 32.3 Å². The highest BCUT2D eigenvalue weighted by atomic mass is 127. The second kappa shape index (κ2) is 10.1. The maximum Gasteiger partial charge on any atom is 0.188 e. The molecule has 0 radical (unpaired) electrons. The van der Waals surface area contributed by atoms with Gasteiger partial charge in [0.25, 0.3) is 0 Å². The molecule has 130 valence electrons. The van der Waals surface area contributed by atoms with E-state index >= 15 is 0 Å². The third kappa shape index (κ3) is 5.91. The molecule has 4 nitrogen and oxygen atoms in total. The van der Waals surface area contributed by atoms with Crippen molar-refractivity contribution in [3.63, 3.8) is 0 Å². The minimum Gasteiger partial charge on any atom is -0.382 e. The van der Waals surface area contributed by atoms with Crippen molar-refractivity contribution in [1.82, 2.24) is 5.32 Å². The molecular formula is C17H27FIN3O. The van der Waals surface area contributed by atoms with E-state index in [0.717, 1.165) is 44.6 Å². The first kappa shape index (κ1) is 20.2. The van der Waals surface area contributed by atoms with Gasteiger partial charge < -0.3 is 15.8 Å². The van der Waals surface area contributed by atoms with Crippen molar-refractivity contribution in [2.45, 2.75) is 38.0 Å². The van der Waals surface area contributed by atoms with Crippen LogP contribution in [0, 0.1) is 5.82 Å². The van der Waals surface area contributed by atoms with Crippen LogP contribution in [0.2, 0.25) is 0 Å². The molecule has 2 rings (SSSR count). The van der Waals surface area contributed by atoms with Crippen LogP contribution >= 0.6 is 24.0 Å². The molecule has 0 saturated heterocycles. The topological polar surface area (TPSA) is 59.6 Å². The normalized spacial score (nSPS) is 16.3. The van der Waals surface area contributed by atoms with Gasteiger partial charge in [-0.1, -0.05) is 18.6 Å². The highest BCUT2D eigenvalue weighted by Crippen LogP contribution is 2.43. The number of nitrogens with zero attached hydrogens (tertiary/aromatic N) is 1. The van der Waals surface area contributed by atoms with Crippen LogP contribution in [0.4, 0.5) is 4.39 Å². The molecule has 0 spiro atoms. The Morgan fingerprint density at radius 1 is 1.35 bits per heavy atom. The van der Waals surface area contributed by atoms with Gasteiger partial charge in [-0.25, -0.2) is 4.39 Å². The number of halogens is 2. The smallest absolute Gasteiger partial charge is 0.188 e. The van der Waals surface area contributed by atoms with E-state index in [2.05, 4.69) is 10.3 Å². The van der Waals surface area contributed by atoms with E-state index in [0.29, 0.717) is 12.5 Å². The maximum absolute atomic E-state index is 13.1. The lowest BCUT2D eigenvalue weighted by molar-refractivity contribution is 0.145. The molecule has 0 aromatic heterocycles. The fourth-order valence-corrected chi connectivity index (χ4v) is 2.77. The third-order valence-electron chi connectivity index (χ3n) is 4.30. The molecule has 23 heavy (non-hydrogen) atoms. The van der Waals surface area contributed by atoms with E-state index in [1.54, 1.807) is 0 Å². The molecule has 0 bridgehead atoms. The van der Waals surface area contributed by atoms with E-state index in [1.165, 1.54) is 18.6 Å². The number of nitrogens with one attached hydrogen (secondary N) is 1. The molecule has 1 aromatic carbocycles. The second-order valence-electron chi connectivity index (χ2n) is 5.82. The standard InChI is InChI=1S/C17H26FN3O.HI/c1-2-22-12-4-11-20-16(19)21-13-17(9-3-10-17)14-5-7-15(18)8-6-14;/h5-8H,2-4,9-13H2,1H3,(H3,19,20,21);1H. The Balaban J connectivity index is 0.00000264. The zero-order valence-corrected chi connectivity index (χ0v) is 16.0. The monoisotopic (exact) mass is 435 g/mol. The summed E-state index contributed by atoms with van der Waals surface area (Å²) in [5, 5.41) is 3.11. The third-order valence-corrected chi connectivity index (χ3v) is 4.30. The van der Waals surface area contributed by atoms with E-state index < -0.39 is 0 Å². The van der Waals surface area contributed by atoms with Gasteiger partial charge in [-0.05, 0) is 43.9 Å². The average Bonchev–Trinajstić information content (AvgIpc) is 2.47. The van der Waals surface area contributed by atoms with Crippen molar-refractivity contribution in [3.8, 4) is 0 Å². The Morgan fingerprint density at radius 3 is 2.61 bits per heavy atom. The van der Waals surface area contributed by atoms with Crippen LogP contribution < -0.4 is 11.1 Å². The number of guanidine groups is 1. The van der Waals surface area contributed by atoms with Gasteiger partial charge in [0.1, 0.15) is 5.82 Å². The van der Waals surface area contributed by atoms with E-state index in [1.807, 2.05) is 19.1 Å². The molecule has 6 heteroatoms. The summed E-state index contributed by atoms with van der Waals surface area (Å²) < 4.78 is 18.3. The summed E-state index contributed by atoms with van der Waals surface area (Å²) in [7, 11) is 0. The molecule has 1 saturated carbocycles. The Bertz CT molecular complexity index is 489. The minimum absolute atomic E-state index is 0. The molecule has 0 heterocycles. The summed E-state index contributed by atoms with van der Waals surface area (Å²) in [5.74, 6) is 0.280. The summed E-state index contributed by atoms with van der Waals surface area (Å²) in [5.41, 5.74) is 7.11. The van der Waals surface area contributed by atoms with Gasteiger partial charge in [0, 0.05) is 25.2 Å². The SMILES string of the molecule is CCOCCCNC(N)=NCC1(c2ccc(F)cc2)CCC1.I. The van der Waals surface area contributed by atoms with Gasteiger partial charge in [-0.3, -0.25) is 4.99 Å². The molecule has 0 amide bonds. The maximum atomic E-state index is 13.1. The van der Waals surface area contributed by atoms with Gasteiger partial charge >= 0.3 is 0 Å². The van der Waals surface area contributed by atoms with Crippen molar-refractivity contribution in [2.75, 3.05) is 26.3 Å². The first-order chi connectivity index (χ1) is 10.7. The molecule has 0 atom stereocenters. The summed E-state index contributed by atoms with van der Waals surface area (Å²) >= 11 is 0. The zero-order valence-electron chi connectivity index (χ0n) is 13.7. The van der Waals surface area contributed by atoms with Crippen LogP contribution in [0.5, 0.6) is 0 Å². The van der Waals surface area contributed by atoms with E-state index in [4.69, 9.17) is 10.5 Å². The fraction of sp³-hybridized carbons (Fsp3) is 0.588. The molecular weight excluding hydrogens is 408 g/mol. The number of hydrogen-bond donors (Lipinski definition) is 2. The number of rotatable bonds is 8. The zero-order chi connectivity index (χ0) is 15.8. The number of hydrogen-bond acceptors (Lipinski definition) is 2. The summed E-state index contributed by atoms with van der Waals surface area (Å²) in [6.07, 6.45) is 4.27. The Hall–Kier alpha value is -0.890. The van der Waals surface area contributed by atoms with Gasteiger partial charge in [0.05, 0.1) is 6.54 Å². The lowest BCUT2D eigenvalue weighted by Gasteiger charge is -2.41. The quantitative estimate of drug-likeness (QED) is 0.286. The molecule has 3 N–H and O–H groups in total. The fourth-order valence-electron chi connectivity index (χ4n) is 2.77. The van der Waals surface area contributed by atoms with Crippen LogP contribution in [-0.2, 0) is 10.2 Å². The van der Waals surface area contributed by atoms with E-state index in [9.17, 15) is 4.39 Å². The van der Waals surface area contributed by atoms with Gasteiger partial charge in [0.15, 0.2) is 5.96 Å². The second-order valence-corrected chi connectivity index (χ2v) is 5.82. The molecule has 1 aromatic rings. The average molecular weight is 435 g/mol. The Morgan fingerprint density at radius 2 is 2.04 bits per heavy atom. The minimum atomic E-state index is -0.197. The van der Waals surface area contributed by atoms with Gasteiger partial charge in [-0.2, -0.15) is 0 Å². The number of benzene rings is 1. The van der Waals surface area contributed by atoms with Crippen molar-refractivity contribution in [2.24, 2.45) is 10.7 Å². The van der Waals surface area contributed by atoms with Crippen LogP contribution in [0.3, 0.4) is 0 Å². The van der Waals surface area contributed by atoms with E-state index in [-0.39, 0.29) is 35.2 Å². The Kier molecular flexibility index (Phi) is 8.83. The summed E-state index contributed by atoms with van der Waals surface area (Å²) in [4.78, 5) is 4.48. The van der Waals surface area contributed by atoms with Crippen LogP contribution in [0.1, 0.15) is 38.2 Å². The molecule has 0 unspecified atom stereocenters. The molecule has 1 aliphatic carbocycles. The number of ether oxygens (including phenoxy) is 1. The van der Waals surface area contributed by atoms with Gasteiger partial charge in [0.2, 0.25) is 0 Å². The molecule has 1 fully saturated rings. The van der Waals surface area contributed by atoms with Crippen molar-refractivity contribution in [1.29, 1.82) is 0 Å². The largest absolute Gasteiger partial charge is 0.382 e. The van der Waals surface area contributed by atoms with Crippen LogP contribution in [0.15, 0.2) is 29.3 Å². The first-order valence-corrected chi connectivity index (χ1v) is 8.04. The van der Waals surface area contributed by atoms with Crippen molar-refractivity contribution in [3.05, 3.63) is 35.6 Å². The lowest BCUT2D eigenvalue weighted by atomic mass is 9.64. The lowest BCUT2D eigenvalue weighted by Crippen LogP contribution is -2.40. The number of aliphatic imine (C=N–C) groups is 1. The van der Waals surface area contributed by atoms with Crippen LogP contribution in [0.25, 0.3) is 0 Å². The highest BCUT2D eigenvalue weighted by molar-refractivity contribution is 14.0. The molecule has 1 aliphatic rings. The summed E-state index contributed by atoms with van der Waals surface area (Å²) in [6.45, 7) is 4.87. The van der Waals surface area contributed by atoms with Crippen molar-refractivity contribution >= 4 is 29.9 Å². The van der Waals surface area contributed by atoms with Gasteiger partial charge in [-0.15, -0.1) is 24.0 Å².